The molecule has 0 aromatic heterocycles. The molecule has 2 saturated carbocycles. The van der Waals surface area contributed by atoms with Gasteiger partial charge in [-0.1, -0.05) is 18.2 Å². The summed E-state index contributed by atoms with van der Waals surface area (Å²) in [5.74, 6) is 1.98. The summed E-state index contributed by atoms with van der Waals surface area (Å²) in [7, 11) is 0. The molecular formula is C17H16FeO2+2. The molecule has 1 aromatic carbocycles. The molecule has 0 spiro atoms. The van der Waals surface area contributed by atoms with Crippen LogP contribution < -0.4 is 0 Å². The molecule has 10 radical (unpaired) electrons. The van der Waals surface area contributed by atoms with Crippen LogP contribution in [0.5, 0.6) is 5.75 Å². The van der Waals surface area contributed by atoms with Crippen LogP contribution in [-0.2, 0) is 17.1 Å². The smallest absolute Gasteiger partial charge is 0.508 e. The van der Waals surface area contributed by atoms with Crippen molar-refractivity contribution in [1.82, 2.24) is 0 Å². The SMILES string of the molecule is OC[C]1[CH][CH][CH][C]1c1ccccc1O.[CH]1[CH][CH][CH][CH]1.[Fe+2]. The maximum Gasteiger partial charge on any atom is 2.00 e. The Labute approximate surface area is 133 Å². The van der Waals surface area contributed by atoms with Gasteiger partial charge in [-0.2, -0.15) is 0 Å². The van der Waals surface area contributed by atoms with Crippen molar-refractivity contribution < 1.29 is 27.3 Å². The number of para-hydroxylation sites is 1. The number of aliphatic hydroxyl groups is 1. The quantitative estimate of drug-likeness (QED) is 0.824. The monoisotopic (exact) mass is 308 g/mol. The van der Waals surface area contributed by atoms with Gasteiger partial charge in [0.2, 0.25) is 0 Å². The number of rotatable bonds is 2. The Hall–Kier alpha value is -0.501. The Morgan fingerprint density at radius 1 is 0.800 bits per heavy atom. The summed E-state index contributed by atoms with van der Waals surface area (Å²) >= 11 is 0. The summed E-state index contributed by atoms with van der Waals surface area (Å²) in [5.41, 5.74) is 0.765. The first-order valence-corrected chi connectivity index (χ1v) is 6.13. The van der Waals surface area contributed by atoms with E-state index in [1.807, 2.05) is 63.5 Å². The van der Waals surface area contributed by atoms with Crippen molar-refractivity contribution in [3.63, 3.8) is 0 Å². The van der Waals surface area contributed by atoms with Crippen molar-refractivity contribution in [2.75, 3.05) is 6.61 Å². The van der Waals surface area contributed by atoms with E-state index < -0.39 is 0 Å². The summed E-state index contributed by atoms with van der Waals surface area (Å²) in [6.45, 7) is -0.00331. The average Bonchev–Trinajstić information content (AvgIpc) is 3.13. The summed E-state index contributed by atoms with van der Waals surface area (Å²) in [6.07, 6.45) is 15.6. The minimum atomic E-state index is -0.00331. The number of phenolic OH excluding ortho intramolecular Hbond substituents is 1. The predicted octanol–water partition coefficient (Wildman–Crippen LogP) is 2.53. The Morgan fingerprint density at radius 3 is 1.95 bits per heavy atom. The number of aromatic hydroxyl groups is 1. The van der Waals surface area contributed by atoms with Gasteiger partial charge in [-0.05, 0) is 57.4 Å². The van der Waals surface area contributed by atoms with Crippen LogP contribution in [-0.4, -0.2) is 16.8 Å². The molecule has 0 bridgehead atoms. The largest absolute Gasteiger partial charge is 2.00 e. The Bertz CT molecular complexity index is 369. The van der Waals surface area contributed by atoms with Crippen LogP contribution in [0, 0.1) is 63.2 Å². The number of benzene rings is 1. The zero-order valence-corrected chi connectivity index (χ0v) is 12.0. The Kier molecular flexibility index (Phi) is 8.28. The molecule has 20 heavy (non-hydrogen) atoms. The van der Waals surface area contributed by atoms with Crippen LogP contribution in [0.2, 0.25) is 0 Å². The van der Waals surface area contributed by atoms with E-state index in [1.165, 1.54) is 0 Å². The predicted molar refractivity (Wildman–Crippen MR) is 75.2 cm³/mol. The summed E-state index contributed by atoms with van der Waals surface area (Å²) in [6, 6.07) is 7.12. The molecule has 0 aliphatic heterocycles. The van der Waals surface area contributed by atoms with Gasteiger partial charge in [0, 0.05) is 17.4 Å². The third-order valence-electron chi connectivity index (χ3n) is 2.83. The Balaban J connectivity index is 0.000000283. The minimum Gasteiger partial charge on any atom is -0.508 e. The molecule has 2 aliphatic carbocycles. The summed E-state index contributed by atoms with van der Waals surface area (Å²) < 4.78 is 0. The van der Waals surface area contributed by atoms with Gasteiger partial charge in [-0.15, -0.1) is 0 Å². The standard InChI is InChI=1S/C12H11O2.C5H5.Fe/c13-8-9-4-3-6-10(9)11-5-1-2-7-12(11)14;1-2-4-5-3-1;/h1-7,13-14H,8H2;1-5H;/q;;+2. The van der Waals surface area contributed by atoms with Gasteiger partial charge in [-0.3, -0.25) is 0 Å². The fourth-order valence-corrected chi connectivity index (χ4v) is 1.88. The molecular weight excluding hydrogens is 292 g/mol. The van der Waals surface area contributed by atoms with Crippen molar-refractivity contribution >= 4 is 0 Å². The fraction of sp³-hybridized carbons (Fsp3) is 0.0588. The second-order valence-corrected chi connectivity index (χ2v) is 4.10. The van der Waals surface area contributed by atoms with E-state index in [4.69, 9.17) is 5.11 Å². The molecule has 2 aliphatic rings. The second-order valence-electron chi connectivity index (χ2n) is 4.10. The van der Waals surface area contributed by atoms with Crippen LogP contribution in [0.25, 0.3) is 0 Å². The first kappa shape index (κ1) is 17.6. The molecule has 2 nitrogen and oxygen atoms in total. The topological polar surface area (TPSA) is 40.5 Å². The van der Waals surface area contributed by atoms with Crippen LogP contribution >= 0.6 is 0 Å². The average molecular weight is 308 g/mol. The van der Waals surface area contributed by atoms with Gasteiger partial charge < -0.3 is 10.2 Å². The molecule has 0 unspecified atom stereocenters. The van der Waals surface area contributed by atoms with Gasteiger partial charge in [0.25, 0.3) is 0 Å². The van der Waals surface area contributed by atoms with Gasteiger partial charge in [-0.25, -0.2) is 0 Å². The maximum absolute atomic E-state index is 9.62. The first-order chi connectivity index (χ1) is 9.33. The first-order valence-electron chi connectivity index (χ1n) is 6.13. The van der Waals surface area contributed by atoms with E-state index >= 15 is 0 Å². The van der Waals surface area contributed by atoms with Crippen molar-refractivity contribution in [2.24, 2.45) is 0 Å². The number of hydrogen-bond donors (Lipinski definition) is 2. The summed E-state index contributed by atoms with van der Waals surface area (Å²) in [4.78, 5) is 0. The number of aliphatic hydroxyl groups excluding tert-OH is 1. The van der Waals surface area contributed by atoms with E-state index in [0.29, 0.717) is 0 Å². The number of phenols is 1. The third-order valence-corrected chi connectivity index (χ3v) is 2.83. The van der Waals surface area contributed by atoms with E-state index in [1.54, 1.807) is 12.1 Å². The van der Waals surface area contributed by atoms with E-state index in [-0.39, 0.29) is 29.4 Å². The zero-order valence-electron chi connectivity index (χ0n) is 10.9. The van der Waals surface area contributed by atoms with Crippen LogP contribution in [0.3, 0.4) is 0 Å². The van der Waals surface area contributed by atoms with Gasteiger partial charge >= 0.3 is 17.1 Å². The van der Waals surface area contributed by atoms with Crippen molar-refractivity contribution in [2.45, 2.75) is 0 Å². The molecule has 1 aromatic rings. The van der Waals surface area contributed by atoms with Crippen molar-refractivity contribution in [3.8, 4) is 5.75 Å². The van der Waals surface area contributed by atoms with Crippen molar-refractivity contribution in [1.29, 1.82) is 0 Å². The molecule has 0 atom stereocenters. The molecule has 2 fully saturated rings. The Morgan fingerprint density at radius 2 is 1.40 bits per heavy atom. The van der Waals surface area contributed by atoms with Crippen molar-refractivity contribution in [3.05, 3.63) is 93.0 Å². The maximum atomic E-state index is 9.62. The van der Waals surface area contributed by atoms with E-state index in [9.17, 15) is 5.11 Å². The van der Waals surface area contributed by atoms with E-state index in [2.05, 4.69) is 0 Å². The molecule has 0 amide bonds. The fourth-order valence-electron chi connectivity index (χ4n) is 1.88. The molecule has 0 saturated heterocycles. The normalized spacial score (nSPS) is 19.2. The van der Waals surface area contributed by atoms with Crippen LogP contribution in [0.15, 0.2) is 24.3 Å². The van der Waals surface area contributed by atoms with Crippen LogP contribution in [0.4, 0.5) is 0 Å². The van der Waals surface area contributed by atoms with Gasteiger partial charge in [0.1, 0.15) is 5.75 Å². The summed E-state index contributed by atoms with van der Waals surface area (Å²) in [5, 5.41) is 18.7. The second kappa shape index (κ2) is 9.44. The third kappa shape index (κ3) is 4.80. The zero-order chi connectivity index (χ0) is 13.5. The molecule has 2 N–H and O–H groups in total. The van der Waals surface area contributed by atoms with Gasteiger partial charge in [0.15, 0.2) is 0 Å². The molecule has 3 heteroatoms. The minimum absolute atomic E-state index is 0. The molecule has 3 rings (SSSR count). The molecule has 0 heterocycles. The van der Waals surface area contributed by atoms with E-state index in [0.717, 1.165) is 17.4 Å². The number of hydrogen-bond acceptors (Lipinski definition) is 2. The van der Waals surface area contributed by atoms with Crippen LogP contribution in [0.1, 0.15) is 5.56 Å². The van der Waals surface area contributed by atoms with Gasteiger partial charge in [0.05, 0.1) is 6.61 Å². The molecule has 102 valence electrons.